The number of ether oxygens (including phenoxy) is 1. The molecule has 3 nitrogen and oxygen atoms in total. The predicted molar refractivity (Wildman–Crippen MR) is 106 cm³/mol. The number of rotatable bonds is 6. The largest absolute Gasteiger partial charge is 0.461 e. The molecule has 1 aliphatic heterocycles. The van der Waals surface area contributed by atoms with Crippen molar-refractivity contribution in [3.05, 3.63) is 59.2 Å². The summed E-state index contributed by atoms with van der Waals surface area (Å²) >= 11 is 1.37. The van der Waals surface area contributed by atoms with Gasteiger partial charge in [0.05, 0.1) is 5.92 Å². The van der Waals surface area contributed by atoms with Crippen molar-refractivity contribution in [1.82, 2.24) is 0 Å². The second-order valence-corrected chi connectivity index (χ2v) is 9.03. The zero-order valence-corrected chi connectivity index (χ0v) is 16.5. The summed E-state index contributed by atoms with van der Waals surface area (Å²) in [6, 6.07) is 8.08. The molecule has 4 heteroatoms. The minimum atomic E-state index is -0.166. The fourth-order valence-electron chi connectivity index (χ4n) is 3.68. The van der Waals surface area contributed by atoms with Gasteiger partial charge in [-0.05, 0) is 42.2 Å². The monoisotopic (exact) mass is 370 g/mol. The third kappa shape index (κ3) is 4.12. The molecule has 138 valence electrons. The van der Waals surface area contributed by atoms with Gasteiger partial charge in [0.15, 0.2) is 0 Å². The van der Waals surface area contributed by atoms with Crippen molar-refractivity contribution in [3.63, 3.8) is 0 Å². The fraction of sp³-hybridized carbons (Fsp3) is 0.455. The van der Waals surface area contributed by atoms with Crippen LogP contribution in [-0.4, -0.2) is 16.8 Å². The minimum Gasteiger partial charge on any atom is -0.461 e. The lowest BCUT2D eigenvalue weighted by molar-refractivity contribution is -0.147. The lowest BCUT2D eigenvalue weighted by Gasteiger charge is -2.08. The van der Waals surface area contributed by atoms with Crippen molar-refractivity contribution >= 4 is 22.8 Å². The molecule has 0 radical (unpaired) electrons. The summed E-state index contributed by atoms with van der Waals surface area (Å²) in [7, 11) is 0. The molecule has 1 heterocycles. The van der Waals surface area contributed by atoms with E-state index in [0.717, 1.165) is 35.3 Å². The fourth-order valence-corrected chi connectivity index (χ4v) is 4.54. The van der Waals surface area contributed by atoms with Crippen molar-refractivity contribution in [2.45, 2.75) is 40.2 Å². The summed E-state index contributed by atoms with van der Waals surface area (Å²) in [5.41, 5.74) is 4.01. The first-order chi connectivity index (χ1) is 12.3. The second-order valence-electron chi connectivity index (χ2n) is 7.96. The molecule has 0 bridgehead atoms. The Balaban J connectivity index is 1.60. The zero-order valence-electron chi connectivity index (χ0n) is 15.7. The second kappa shape index (κ2) is 7.43. The number of thioether (sulfide) groups is 1. The van der Waals surface area contributed by atoms with Crippen LogP contribution in [0.2, 0.25) is 0 Å². The number of hydrogen-bond donors (Lipinski definition) is 0. The zero-order chi connectivity index (χ0) is 18.9. The molecular formula is C22H26O3S. The van der Waals surface area contributed by atoms with E-state index < -0.39 is 0 Å². The number of hydrogen-bond acceptors (Lipinski definition) is 4. The van der Waals surface area contributed by atoms with E-state index in [0.29, 0.717) is 0 Å². The van der Waals surface area contributed by atoms with Gasteiger partial charge in [-0.2, -0.15) is 0 Å². The van der Waals surface area contributed by atoms with Crippen LogP contribution in [0.15, 0.2) is 48.1 Å². The molecule has 1 aromatic carbocycles. The first-order valence-electron chi connectivity index (χ1n) is 9.05. The summed E-state index contributed by atoms with van der Waals surface area (Å²) in [6.07, 6.45) is 3.66. The number of esters is 1. The van der Waals surface area contributed by atoms with Crippen LogP contribution in [0.3, 0.4) is 0 Å². The van der Waals surface area contributed by atoms with Gasteiger partial charge in [0.25, 0.3) is 0 Å². The van der Waals surface area contributed by atoms with Gasteiger partial charge >= 0.3 is 5.97 Å². The summed E-state index contributed by atoms with van der Waals surface area (Å²) in [5, 5.41) is 0.161. The molecule has 0 spiro atoms. The first kappa shape index (κ1) is 19.0. The van der Waals surface area contributed by atoms with Crippen LogP contribution in [0.1, 0.15) is 38.3 Å². The highest BCUT2D eigenvalue weighted by Gasteiger charge is 2.61. The van der Waals surface area contributed by atoms with Crippen LogP contribution in [0.25, 0.3) is 0 Å². The van der Waals surface area contributed by atoms with Crippen LogP contribution in [0, 0.1) is 17.3 Å². The molecule has 3 rings (SSSR count). The molecule has 2 atom stereocenters. The standard InChI is InChI=1S/C22H26O3S/c1-14(2)10-15-6-5-7-16(11-15)13-25-20(23)19-18(22(19,3)4)12-17-8-9-26-21(17)24/h5-7,11-12,18-19H,1,8-10,13H2,2-4H3/b17-12+/t18-,19-/m0/s1. The van der Waals surface area contributed by atoms with Gasteiger partial charge in [-0.3, -0.25) is 9.59 Å². The SMILES string of the molecule is C=C(C)Cc1cccc(COC(=O)[C@@H]2[C@H](/C=C3\CCSC3=O)C2(C)C)c1. The number of carbonyl (C=O) groups excluding carboxylic acids is 2. The van der Waals surface area contributed by atoms with Crippen LogP contribution < -0.4 is 0 Å². The van der Waals surface area contributed by atoms with Crippen molar-refractivity contribution in [3.8, 4) is 0 Å². The van der Waals surface area contributed by atoms with Crippen LogP contribution >= 0.6 is 11.8 Å². The first-order valence-corrected chi connectivity index (χ1v) is 10.0. The van der Waals surface area contributed by atoms with E-state index in [-0.39, 0.29) is 34.9 Å². The van der Waals surface area contributed by atoms with E-state index >= 15 is 0 Å². The average Bonchev–Trinajstić information content (AvgIpc) is 2.87. The van der Waals surface area contributed by atoms with Gasteiger partial charge in [-0.1, -0.05) is 68.1 Å². The Hall–Kier alpha value is -1.81. The van der Waals surface area contributed by atoms with E-state index in [2.05, 4.69) is 32.6 Å². The molecule has 1 saturated heterocycles. The molecule has 0 N–H and O–H groups in total. The smallest absolute Gasteiger partial charge is 0.310 e. The lowest BCUT2D eigenvalue weighted by atomic mass is 10.1. The Morgan fingerprint density at radius 2 is 2.12 bits per heavy atom. The Morgan fingerprint density at radius 3 is 2.77 bits per heavy atom. The molecule has 1 saturated carbocycles. The Labute approximate surface area is 159 Å². The number of allylic oxidation sites excluding steroid dienone is 2. The van der Waals surface area contributed by atoms with Gasteiger partial charge in [0.1, 0.15) is 6.61 Å². The van der Waals surface area contributed by atoms with E-state index in [1.54, 1.807) is 0 Å². The molecule has 2 aliphatic rings. The molecule has 1 aliphatic carbocycles. The van der Waals surface area contributed by atoms with Gasteiger partial charge in [-0.15, -0.1) is 0 Å². The normalized spacial score (nSPS) is 25.3. The van der Waals surface area contributed by atoms with Crippen molar-refractivity contribution < 1.29 is 14.3 Å². The van der Waals surface area contributed by atoms with Crippen molar-refractivity contribution in [2.24, 2.45) is 17.3 Å². The number of benzene rings is 1. The van der Waals surface area contributed by atoms with Gasteiger partial charge < -0.3 is 4.74 Å². The maximum Gasteiger partial charge on any atom is 0.310 e. The topological polar surface area (TPSA) is 43.4 Å². The Morgan fingerprint density at radius 1 is 1.38 bits per heavy atom. The van der Waals surface area contributed by atoms with Crippen LogP contribution in [-0.2, 0) is 27.4 Å². The minimum absolute atomic E-state index is 0.0994. The third-order valence-corrected chi connectivity index (χ3v) is 6.22. The van der Waals surface area contributed by atoms with E-state index in [4.69, 9.17) is 4.74 Å². The lowest BCUT2D eigenvalue weighted by Crippen LogP contribution is -2.10. The molecule has 0 amide bonds. The molecule has 2 fully saturated rings. The van der Waals surface area contributed by atoms with Gasteiger partial charge in [0.2, 0.25) is 5.12 Å². The van der Waals surface area contributed by atoms with Crippen LogP contribution in [0.4, 0.5) is 0 Å². The summed E-state index contributed by atoms with van der Waals surface area (Å²) in [5.74, 6) is 0.627. The highest BCUT2D eigenvalue weighted by molar-refractivity contribution is 8.14. The van der Waals surface area contributed by atoms with Crippen molar-refractivity contribution in [2.75, 3.05) is 5.75 Å². The summed E-state index contributed by atoms with van der Waals surface area (Å²) < 4.78 is 5.59. The third-order valence-electron chi connectivity index (χ3n) is 5.29. The van der Waals surface area contributed by atoms with E-state index in [9.17, 15) is 9.59 Å². The van der Waals surface area contributed by atoms with E-state index in [1.165, 1.54) is 17.3 Å². The summed E-state index contributed by atoms with van der Waals surface area (Å²) in [4.78, 5) is 24.4. The highest BCUT2D eigenvalue weighted by Crippen LogP contribution is 2.60. The molecule has 0 unspecified atom stereocenters. The number of carbonyl (C=O) groups is 2. The van der Waals surface area contributed by atoms with Gasteiger partial charge in [-0.25, -0.2) is 0 Å². The van der Waals surface area contributed by atoms with Crippen molar-refractivity contribution in [1.29, 1.82) is 0 Å². The van der Waals surface area contributed by atoms with Crippen LogP contribution in [0.5, 0.6) is 0 Å². The quantitative estimate of drug-likeness (QED) is 0.413. The average molecular weight is 371 g/mol. The Kier molecular flexibility index (Phi) is 5.42. The predicted octanol–water partition coefficient (Wildman–Crippen LogP) is 4.71. The molecule has 1 aromatic rings. The maximum absolute atomic E-state index is 12.6. The van der Waals surface area contributed by atoms with E-state index in [1.807, 2.05) is 25.1 Å². The maximum atomic E-state index is 12.6. The highest BCUT2D eigenvalue weighted by atomic mass is 32.2. The molecule has 0 aromatic heterocycles. The summed E-state index contributed by atoms with van der Waals surface area (Å²) in [6.45, 7) is 10.4. The Bertz CT molecular complexity index is 775. The molecular weight excluding hydrogens is 344 g/mol. The van der Waals surface area contributed by atoms with Gasteiger partial charge in [0, 0.05) is 11.3 Å². The molecule has 26 heavy (non-hydrogen) atoms.